The molecule has 0 spiro atoms. The number of hydrogen-bond acceptors (Lipinski definition) is 3. The Hall–Kier alpha value is -0.810. The molecule has 4 fully saturated rings. The van der Waals surface area contributed by atoms with Gasteiger partial charge < -0.3 is 15.5 Å². The molecule has 1 saturated heterocycles. The van der Waals surface area contributed by atoms with Crippen LogP contribution < -0.4 is 5.32 Å². The second kappa shape index (κ2) is 2.23. The highest BCUT2D eigenvalue weighted by Crippen LogP contribution is 2.64. The maximum Gasteiger partial charge on any atom is 0.405 e. The van der Waals surface area contributed by atoms with E-state index in [0.29, 0.717) is 0 Å². The number of carboxylic acid groups (broad SMARTS) is 1. The molecule has 5 heteroatoms. The van der Waals surface area contributed by atoms with Crippen LogP contribution in [0.2, 0.25) is 0 Å². The fraction of sp³-hybridized carbons (Fsp3) is 0.889. The molecule has 0 unspecified atom stereocenters. The Bertz CT molecular complexity index is 279. The molecule has 4 rings (SSSR count). The molecule has 0 aromatic rings. The second-order valence-corrected chi connectivity index (χ2v) is 5.02. The zero-order valence-electron chi connectivity index (χ0n) is 7.86. The van der Waals surface area contributed by atoms with Crippen molar-refractivity contribution in [3.05, 3.63) is 0 Å². The number of β-amino-alcohol motifs (C(OH)–C–C–N with tert-alkyl or cyclic N) is 1. The van der Waals surface area contributed by atoms with Crippen molar-refractivity contribution in [2.75, 3.05) is 13.1 Å². The number of rotatable bonds is 2. The molecule has 4 aliphatic rings. The van der Waals surface area contributed by atoms with Gasteiger partial charge in [0.2, 0.25) is 0 Å². The van der Waals surface area contributed by atoms with E-state index < -0.39 is 6.09 Å². The van der Waals surface area contributed by atoms with Crippen molar-refractivity contribution in [1.29, 1.82) is 0 Å². The molecular weight excluding hydrogens is 184 g/mol. The van der Waals surface area contributed by atoms with Crippen LogP contribution in [0.15, 0.2) is 0 Å². The molecule has 0 aromatic heterocycles. The normalized spacial score (nSPS) is 46.1. The highest BCUT2D eigenvalue weighted by Gasteiger charge is 2.72. The first kappa shape index (κ1) is 8.49. The Morgan fingerprint density at radius 2 is 1.93 bits per heavy atom. The third-order valence-electron chi connectivity index (χ3n) is 3.91. The number of aliphatic hydroxyl groups excluding tert-OH is 1. The van der Waals surface area contributed by atoms with Crippen LogP contribution in [-0.2, 0) is 0 Å². The monoisotopic (exact) mass is 198 g/mol. The molecule has 2 bridgehead atoms. The van der Waals surface area contributed by atoms with Gasteiger partial charge in [0, 0.05) is 24.2 Å². The lowest BCUT2D eigenvalue weighted by Crippen LogP contribution is -2.86. The molecule has 3 aliphatic carbocycles. The first-order valence-corrected chi connectivity index (χ1v) is 4.98. The van der Waals surface area contributed by atoms with Gasteiger partial charge in [-0.15, -0.1) is 0 Å². The molecule has 0 radical (unpaired) electrons. The van der Waals surface area contributed by atoms with Crippen LogP contribution in [0.5, 0.6) is 0 Å². The molecule has 78 valence electrons. The Morgan fingerprint density at radius 3 is 2.36 bits per heavy atom. The van der Waals surface area contributed by atoms with Crippen LogP contribution >= 0.6 is 0 Å². The van der Waals surface area contributed by atoms with Crippen molar-refractivity contribution < 1.29 is 15.0 Å². The predicted octanol–water partition coefficient (Wildman–Crippen LogP) is -0.394. The van der Waals surface area contributed by atoms with Gasteiger partial charge in [0.15, 0.2) is 0 Å². The lowest BCUT2D eigenvalue weighted by molar-refractivity contribution is -0.217. The average Bonchev–Trinajstić information content (AvgIpc) is 1.87. The van der Waals surface area contributed by atoms with Crippen molar-refractivity contribution in [2.45, 2.75) is 36.4 Å². The van der Waals surface area contributed by atoms with E-state index in [1.807, 2.05) is 0 Å². The van der Waals surface area contributed by atoms with Crippen molar-refractivity contribution >= 4 is 6.09 Å². The van der Waals surface area contributed by atoms with Crippen LogP contribution in [0, 0.1) is 0 Å². The van der Waals surface area contributed by atoms with E-state index in [2.05, 4.69) is 10.2 Å². The minimum Gasteiger partial charge on any atom is -0.465 e. The highest BCUT2D eigenvalue weighted by molar-refractivity contribution is 5.67. The summed E-state index contributed by atoms with van der Waals surface area (Å²) < 4.78 is 0. The average molecular weight is 198 g/mol. The number of hydrogen-bond donors (Lipinski definition) is 3. The van der Waals surface area contributed by atoms with E-state index in [-0.39, 0.29) is 17.2 Å². The van der Waals surface area contributed by atoms with Crippen LogP contribution in [0.4, 0.5) is 4.79 Å². The number of nitrogens with one attached hydrogen (secondary N) is 1. The summed E-state index contributed by atoms with van der Waals surface area (Å²) >= 11 is 0. The molecule has 1 amide bonds. The van der Waals surface area contributed by atoms with Crippen molar-refractivity contribution in [3.63, 3.8) is 0 Å². The topological polar surface area (TPSA) is 72.8 Å². The van der Waals surface area contributed by atoms with Crippen molar-refractivity contribution in [2.24, 2.45) is 0 Å². The van der Waals surface area contributed by atoms with Crippen LogP contribution in [0.1, 0.15) is 19.3 Å². The molecular formula is C9H14N2O3. The third kappa shape index (κ3) is 0.887. The first-order chi connectivity index (χ1) is 6.54. The third-order valence-corrected chi connectivity index (χ3v) is 3.91. The summed E-state index contributed by atoms with van der Waals surface area (Å²) in [5.74, 6) is 0. The quantitative estimate of drug-likeness (QED) is 0.565. The second-order valence-electron chi connectivity index (χ2n) is 5.02. The summed E-state index contributed by atoms with van der Waals surface area (Å²) in [6.07, 6.45) is 1.71. The van der Waals surface area contributed by atoms with E-state index in [9.17, 15) is 9.90 Å². The SMILES string of the molecule is O=C(O)NC12CC(N3CC(O)C3)(C1)C2. The molecule has 0 atom stereocenters. The van der Waals surface area contributed by atoms with Crippen molar-refractivity contribution in [1.82, 2.24) is 10.2 Å². The molecule has 0 aromatic carbocycles. The smallest absolute Gasteiger partial charge is 0.405 e. The summed E-state index contributed by atoms with van der Waals surface area (Å²) in [7, 11) is 0. The van der Waals surface area contributed by atoms with Crippen LogP contribution in [0.25, 0.3) is 0 Å². The summed E-state index contributed by atoms with van der Waals surface area (Å²) in [6.45, 7) is 1.53. The number of carbonyl (C=O) groups is 1. The predicted molar refractivity (Wildman–Crippen MR) is 48.1 cm³/mol. The van der Waals surface area contributed by atoms with Gasteiger partial charge in [-0.2, -0.15) is 0 Å². The van der Waals surface area contributed by atoms with E-state index in [1.165, 1.54) is 0 Å². The summed E-state index contributed by atoms with van der Waals surface area (Å²) in [5.41, 5.74) is 0.119. The zero-order valence-corrected chi connectivity index (χ0v) is 7.86. The van der Waals surface area contributed by atoms with Crippen LogP contribution in [-0.4, -0.2) is 51.5 Å². The van der Waals surface area contributed by atoms with Gasteiger partial charge in [-0.3, -0.25) is 4.90 Å². The molecule has 3 saturated carbocycles. The summed E-state index contributed by atoms with van der Waals surface area (Å²) in [4.78, 5) is 12.8. The minimum atomic E-state index is -0.915. The Morgan fingerprint density at radius 1 is 1.36 bits per heavy atom. The lowest BCUT2D eigenvalue weighted by atomic mass is 9.43. The van der Waals surface area contributed by atoms with Gasteiger partial charge in [0.1, 0.15) is 0 Å². The molecule has 1 heterocycles. The first-order valence-electron chi connectivity index (χ1n) is 4.98. The Kier molecular flexibility index (Phi) is 1.35. The largest absolute Gasteiger partial charge is 0.465 e. The van der Waals surface area contributed by atoms with E-state index in [1.54, 1.807) is 0 Å². The number of aliphatic hydroxyl groups is 1. The number of nitrogens with zero attached hydrogens (tertiary/aromatic N) is 1. The molecule has 5 nitrogen and oxygen atoms in total. The Balaban J connectivity index is 1.56. The van der Waals surface area contributed by atoms with Crippen LogP contribution in [0.3, 0.4) is 0 Å². The van der Waals surface area contributed by atoms with Gasteiger partial charge in [0.25, 0.3) is 0 Å². The van der Waals surface area contributed by atoms with Gasteiger partial charge in [0.05, 0.1) is 6.10 Å². The van der Waals surface area contributed by atoms with E-state index in [0.717, 1.165) is 32.4 Å². The minimum absolute atomic E-state index is 0.119. The molecule has 14 heavy (non-hydrogen) atoms. The number of amides is 1. The van der Waals surface area contributed by atoms with Gasteiger partial charge in [-0.25, -0.2) is 4.79 Å². The number of likely N-dealkylation sites (tertiary alicyclic amines) is 1. The maximum absolute atomic E-state index is 10.5. The zero-order chi connectivity index (χ0) is 9.97. The lowest BCUT2D eigenvalue weighted by Gasteiger charge is -2.75. The Labute approximate surface area is 81.7 Å². The highest BCUT2D eigenvalue weighted by atomic mass is 16.4. The maximum atomic E-state index is 10.5. The standard InChI is InChI=1S/C9H14N2O3/c12-6-1-11(2-6)9-3-8(4-9,5-9)10-7(13)14/h6,10,12H,1-5H2,(H,13,14). The van der Waals surface area contributed by atoms with E-state index in [4.69, 9.17) is 5.11 Å². The summed E-state index contributed by atoms with van der Waals surface area (Å²) in [6, 6.07) is 0. The molecule has 3 N–H and O–H groups in total. The van der Waals surface area contributed by atoms with E-state index >= 15 is 0 Å². The van der Waals surface area contributed by atoms with Gasteiger partial charge in [-0.1, -0.05) is 0 Å². The fourth-order valence-corrected chi connectivity index (χ4v) is 3.27. The van der Waals surface area contributed by atoms with Crippen molar-refractivity contribution in [3.8, 4) is 0 Å². The van der Waals surface area contributed by atoms with Gasteiger partial charge in [-0.05, 0) is 19.3 Å². The fourth-order valence-electron chi connectivity index (χ4n) is 3.27. The van der Waals surface area contributed by atoms with Gasteiger partial charge >= 0.3 is 6.09 Å². The summed E-state index contributed by atoms with van der Waals surface area (Å²) in [5, 5.41) is 20.4. The molecule has 1 aliphatic heterocycles.